The van der Waals surface area contributed by atoms with Crippen molar-refractivity contribution in [2.75, 3.05) is 19.7 Å². The first-order chi connectivity index (χ1) is 9.08. The van der Waals surface area contributed by atoms with Crippen molar-refractivity contribution in [3.63, 3.8) is 0 Å². The number of amides is 1. The number of thiocarbonyl (C=S) groups is 1. The fourth-order valence-electron chi connectivity index (χ4n) is 1.97. The third kappa shape index (κ3) is 3.41. The first kappa shape index (κ1) is 13.7. The Labute approximate surface area is 116 Å². The van der Waals surface area contributed by atoms with E-state index >= 15 is 0 Å². The highest BCUT2D eigenvalue weighted by molar-refractivity contribution is 7.80. The molecule has 1 saturated heterocycles. The lowest BCUT2D eigenvalue weighted by atomic mass is 10.2. The maximum Gasteiger partial charge on any atom is 0.260 e. The van der Waals surface area contributed by atoms with Gasteiger partial charge in [-0.3, -0.25) is 4.79 Å². The zero-order valence-corrected chi connectivity index (χ0v) is 11.2. The Morgan fingerprint density at radius 1 is 1.42 bits per heavy atom. The Balaban J connectivity index is 1.95. The van der Waals surface area contributed by atoms with E-state index in [1.54, 1.807) is 11.0 Å². The van der Waals surface area contributed by atoms with Gasteiger partial charge in [-0.1, -0.05) is 12.2 Å². The standard InChI is InChI=1S/C13H15FN2O2S/c14-10-7-9(13(15)19)3-4-11(10)18-8-12(17)16-5-1-2-6-16/h3-4,7H,1-2,5-6,8H2,(H2,15,19). The van der Waals surface area contributed by atoms with E-state index < -0.39 is 5.82 Å². The number of nitrogens with two attached hydrogens (primary N) is 1. The van der Waals surface area contributed by atoms with E-state index in [-0.39, 0.29) is 23.3 Å². The van der Waals surface area contributed by atoms with Crippen LogP contribution in [0.3, 0.4) is 0 Å². The molecule has 0 bridgehead atoms. The van der Waals surface area contributed by atoms with E-state index in [0.29, 0.717) is 5.56 Å². The number of hydrogen-bond acceptors (Lipinski definition) is 3. The SMILES string of the molecule is NC(=S)c1ccc(OCC(=O)N2CCCC2)c(F)c1. The van der Waals surface area contributed by atoms with Gasteiger partial charge < -0.3 is 15.4 Å². The number of carbonyl (C=O) groups excluding carboxylic acids is 1. The molecular formula is C13H15FN2O2S. The molecule has 1 amide bonds. The van der Waals surface area contributed by atoms with Crippen molar-refractivity contribution in [3.05, 3.63) is 29.6 Å². The van der Waals surface area contributed by atoms with E-state index in [2.05, 4.69) is 0 Å². The summed E-state index contributed by atoms with van der Waals surface area (Å²) in [6.45, 7) is 1.36. The molecular weight excluding hydrogens is 267 g/mol. The second kappa shape index (κ2) is 5.97. The monoisotopic (exact) mass is 282 g/mol. The predicted molar refractivity (Wildman–Crippen MR) is 73.6 cm³/mol. The van der Waals surface area contributed by atoms with Gasteiger partial charge in [-0.15, -0.1) is 0 Å². The third-order valence-corrected chi connectivity index (χ3v) is 3.26. The summed E-state index contributed by atoms with van der Waals surface area (Å²) in [7, 11) is 0. The number of carbonyl (C=O) groups is 1. The number of rotatable bonds is 4. The fraction of sp³-hybridized carbons (Fsp3) is 0.385. The Hall–Kier alpha value is -1.69. The van der Waals surface area contributed by atoms with Crippen LogP contribution in [-0.2, 0) is 4.79 Å². The van der Waals surface area contributed by atoms with Crippen LogP contribution in [0.25, 0.3) is 0 Å². The molecule has 0 aliphatic carbocycles. The molecule has 19 heavy (non-hydrogen) atoms. The molecule has 0 aromatic heterocycles. The summed E-state index contributed by atoms with van der Waals surface area (Å²) in [5, 5.41) is 0. The Morgan fingerprint density at radius 3 is 2.68 bits per heavy atom. The van der Waals surface area contributed by atoms with Crippen molar-refractivity contribution in [3.8, 4) is 5.75 Å². The highest BCUT2D eigenvalue weighted by atomic mass is 32.1. The molecule has 1 aliphatic rings. The molecule has 2 N–H and O–H groups in total. The molecule has 1 aromatic carbocycles. The minimum atomic E-state index is -0.570. The first-order valence-corrected chi connectivity index (χ1v) is 6.48. The number of benzene rings is 1. The van der Waals surface area contributed by atoms with Gasteiger partial charge in [-0.2, -0.15) is 0 Å². The van der Waals surface area contributed by atoms with Crippen LogP contribution in [0.4, 0.5) is 4.39 Å². The van der Waals surface area contributed by atoms with Gasteiger partial charge >= 0.3 is 0 Å². The topological polar surface area (TPSA) is 55.6 Å². The lowest BCUT2D eigenvalue weighted by molar-refractivity contribution is -0.132. The van der Waals surface area contributed by atoms with Gasteiger partial charge in [0.1, 0.15) is 4.99 Å². The summed E-state index contributed by atoms with van der Waals surface area (Å²) in [5.74, 6) is -0.651. The number of nitrogens with zero attached hydrogens (tertiary/aromatic N) is 1. The van der Waals surface area contributed by atoms with Crippen molar-refractivity contribution >= 4 is 23.1 Å². The summed E-state index contributed by atoms with van der Waals surface area (Å²) >= 11 is 4.75. The molecule has 4 nitrogen and oxygen atoms in total. The average molecular weight is 282 g/mol. The molecule has 6 heteroatoms. The van der Waals surface area contributed by atoms with Crippen molar-refractivity contribution < 1.29 is 13.9 Å². The minimum absolute atomic E-state index is 0.0348. The summed E-state index contributed by atoms with van der Waals surface area (Å²) < 4.78 is 18.9. The normalized spacial score (nSPS) is 14.5. The molecule has 0 atom stereocenters. The largest absolute Gasteiger partial charge is 0.481 e. The summed E-state index contributed by atoms with van der Waals surface area (Å²) in [6.07, 6.45) is 2.03. The number of likely N-dealkylation sites (tertiary alicyclic amines) is 1. The van der Waals surface area contributed by atoms with Gasteiger partial charge in [0.05, 0.1) is 0 Å². The third-order valence-electron chi connectivity index (χ3n) is 3.03. The van der Waals surface area contributed by atoms with Crippen LogP contribution in [0.15, 0.2) is 18.2 Å². The van der Waals surface area contributed by atoms with Crippen LogP contribution < -0.4 is 10.5 Å². The number of hydrogen-bond donors (Lipinski definition) is 1. The maximum atomic E-state index is 13.7. The molecule has 2 rings (SSSR count). The van der Waals surface area contributed by atoms with E-state index in [1.807, 2.05) is 0 Å². The van der Waals surface area contributed by atoms with E-state index in [1.165, 1.54) is 12.1 Å². The molecule has 1 heterocycles. The van der Waals surface area contributed by atoms with Crippen molar-refractivity contribution in [1.82, 2.24) is 4.90 Å². The maximum absolute atomic E-state index is 13.7. The molecule has 0 spiro atoms. The Kier molecular flexibility index (Phi) is 4.31. The minimum Gasteiger partial charge on any atom is -0.481 e. The molecule has 102 valence electrons. The van der Waals surface area contributed by atoms with Gasteiger partial charge in [-0.25, -0.2) is 4.39 Å². The van der Waals surface area contributed by atoms with Gasteiger partial charge in [0, 0.05) is 18.7 Å². The molecule has 1 fully saturated rings. The quantitative estimate of drug-likeness (QED) is 0.850. The highest BCUT2D eigenvalue weighted by Crippen LogP contribution is 2.18. The number of halogens is 1. The smallest absolute Gasteiger partial charge is 0.260 e. The van der Waals surface area contributed by atoms with Crippen LogP contribution in [0.5, 0.6) is 5.75 Å². The molecule has 0 radical (unpaired) electrons. The van der Waals surface area contributed by atoms with Crippen LogP contribution in [0.2, 0.25) is 0 Å². The highest BCUT2D eigenvalue weighted by Gasteiger charge is 2.18. The number of ether oxygens (including phenoxy) is 1. The van der Waals surface area contributed by atoms with Crippen LogP contribution in [-0.4, -0.2) is 35.5 Å². The van der Waals surface area contributed by atoms with Gasteiger partial charge in [0.2, 0.25) is 0 Å². The molecule has 0 saturated carbocycles. The van der Waals surface area contributed by atoms with Crippen molar-refractivity contribution in [2.45, 2.75) is 12.8 Å². The Bertz CT molecular complexity index is 501. The van der Waals surface area contributed by atoms with Crippen LogP contribution in [0, 0.1) is 5.82 Å². The molecule has 1 aromatic rings. The predicted octanol–water partition coefficient (Wildman–Crippen LogP) is 1.46. The molecule has 0 unspecified atom stereocenters. The zero-order valence-electron chi connectivity index (χ0n) is 10.4. The summed E-state index contributed by atoms with van der Waals surface area (Å²) in [6, 6.07) is 4.21. The molecule has 1 aliphatic heterocycles. The van der Waals surface area contributed by atoms with E-state index in [9.17, 15) is 9.18 Å². The van der Waals surface area contributed by atoms with E-state index in [4.69, 9.17) is 22.7 Å². The summed E-state index contributed by atoms with van der Waals surface area (Å²) in [4.78, 5) is 13.6. The van der Waals surface area contributed by atoms with E-state index in [0.717, 1.165) is 25.9 Å². The van der Waals surface area contributed by atoms with Crippen LogP contribution >= 0.6 is 12.2 Å². The lowest BCUT2D eigenvalue weighted by Gasteiger charge is -2.15. The van der Waals surface area contributed by atoms with Crippen molar-refractivity contribution in [1.29, 1.82) is 0 Å². The van der Waals surface area contributed by atoms with Crippen LogP contribution in [0.1, 0.15) is 18.4 Å². The second-order valence-electron chi connectivity index (χ2n) is 4.39. The van der Waals surface area contributed by atoms with Gasteiger partial charge in [0.15, 0.2) is 18.2 Å². The lowest BCUT2D eigenvalue weighted by Crippen LogP contribution is -2.32. The average Bonchev–Trinajstić information content (AvgIpc) is 2.90. The summed E-state index contributed by atoms with van der Waals surface area (Å²) in [5.41, 5.74) is 5.84. The van der Waals surface area contributed by atoms with Gasteiger partial charge in [0.25, 0.3) is 5.91 Å². The fourth-order valence-corrected chi connectivity index (χ4v) is 2.10. The Morgan fingerprint density at radius 2 is 2.11 bits per heavy atom. The van der Waals surface area contributed by atoms with Gasteiger partial charge in [-0.05, 0) is 31.0 Å². The first-order valence-electron chi connectivity index (χ1n) is 6.08. The zero-order chi connectivity index (χ0) is 13.8. The van der Waals surface area contributed by atoms with Crippen molar-refractivity contribution in [2.24, 2.45) is 5.73 Å². The second-order valence-corrected chi connectivity index (χ2v) is 4.83.